The molecule has 4 nitrogen and oxygen atoms in total. The van der Waals surface area contributed by atoms with Gasteiger partial charge in [-0.15, -0.1) is 0 Å². The van der Waals surface area contributed by atoms with E-state index in [9.17, 15) is 4.79 Å². The van der Waals surface area contributed by atoms with E-state index in [1.165, 1.54) is 16.7 Å². The Kier molecular flexibility index (Phi) is 6.63. The van der Waals surface area contributed by atoms with Gasteiger partial charge in [0.2, 0.25) is 0 Å². The number of benzene rings is 2. The molecule has 1 amide bonds. The molecule has 166 valence electrons. The highest BCUT2D eigenvalue weighted by Crippen LogP contribution is 2.29. The van der Waals surface area contributed by atoms with E-state index in [0.29, 0.717) is 16.8 Å². The zero-order valence-corrected chi connectivity index (χ0v) is 19.9. The second-order valence-corrected chi connectivity index (χ2v) is 9.36. The molecule has 1 aromatic heterocycles. The molecular formula is C27H30ClN3O. The molecular weight excluding hydrogens is 418 g/mol. The number of pyridine rings is 1. The molecule has 0 saturated carbocycles. The van der Waals surface area contributed by atoms with Crippen molar-refractivity contribution in [3.63, 3.8) is 0 Å². The van der Waals surface area contributed by atoms with Gasteiger partial charge in [0.1, 0.15) is 5.69 Å². The molecule has 0 saturated heterocycles. The minimum Gasteiger partial charge on any atom is -0.337 e. The Hall–Kier alpha value is -2.69. The number of carbonyl (C=O) groups is 1. The standard InChI is InChI=1S/C27H30ClN3O/c1-18(30(2)3)20-5-6-22-16-25(13-9-21(22)15-20)31(4)27(32)26-14-10-23(17-29-26)19-7-11-24(28)12-8-19/h5-8,10-12,14-15,17-18,25H,9,13,16H2,1-4H3. The van der Waals surface area contributed by atoms with E-state index in [1.54, 1.807) is 6.20 Å². The molecule has 3 aromatic rings. The Morgan fingerprint density at radius 3 is 2.38 bits per heavy atom. The van der Waals surface area contributed by atoms with Crippen LogP contribution < -0.4 is 0 Å². The Morgan fingerprint density at radius 1 is 1.00 bits per heavy atom. The first-order valence-corrected chi connectivity index (χ1v) is 11.5. The molecule has 0 fully saturated rings. The quantitative estimate of drug-likeness (QED) is 0.506. The minimum atomic E-state index is -0.0287. The Morgan fingerprint density at radius 2 is 1.72 bits per heavy atom. The SMILES string of the molecule is CC(c1ccc2c(c1)CCC(N(C)C(=O)c1ccc(-c3ccc(Cl)cc3)cn1)C2)N(C)C. The summed E-state index contributed by atoms with van der Waals surface area (Å²) >= 11 is 5.97. The van der Waals surface area contributed by atoms with Gasteiger partial charge in [-0.05, 0) is 80.7 Å². The van der Waals surface area contributed by atoms with E-state index in [2.05, 4.69) is 49.1 Å². The fourth-order valence-corrected chi connectivity index (χ4v) is 4.45. The summed E-state index contributed by atoms with van der Waals surface area (Å²) in [5.41, 5.74) is 6.59. The van der Waals surface area contributed by atoms with E-state index in [4.69, 9.17) is 11.6 Å². The van der Waals surface area contributed by atoms with Crippen LogP contribution in [0, 0.1) is 0 Å². The normalized spacial score (nSPS) is 16.5. The van der Waals surface area contributed by atoms with Crippen molar-refractivity contribution >= 4 is 17.5 Å². The Balaban J connectivity index is 1.45. The molecule has 2 atom stereocenters. The summed E-state index contributed by atoms with van der Waals surface area (Å²) < 4.78 is 0. The van der Waals surface area contributed by atoms with Gasteiger partial charge in [-0.2, -0.15) is 0 Å². The molecule has 1 aliphatic rings. The highest BCUT2D eigenvalue weighted by atomic mass is 35.5. The molecule has 2 unspecified atom stereocenters. The number of rotatable bonds is 5. The van der Waals surface area contributed by atoms with Gasteiger partial charge < -0.3 is 9.80 Å². The highest BCUT2D eigenvalue weighted by molar-refractivity contribution is 6.30. The van der Waals surface area contributed by atoms with Crippen molar-refractivity contribution in [3.05, 3.63) is 88.2 Å². The monoisotopic (exact) mass is 447 g/mol. The van der Waals surface area contributed by atoms with Crippen molar-refractivity contribution in [1.82, 2.24) is 14.8 Å². The zero-order valence-electron chi connectivity index (χ0n) is 19.2. The van der Waals surface area contributed by atoms with Crippen LogP contribution in [0.2, 0.25) is 5.02 Å². The van der Waals surface area contributed by atoms with Crippen LogP contribution in [-0.2, 0) is 12.8 Å². The van der Waals surface area contributed by atoms with Crippen molar-refractivity contribution in [1.29, 1.82) is 0 Å². The molecule has 0 spiro atoms. The predicted molar refractivity (Wildman–Crippen MR) is 131 cm³/mol. The number of hydrogen-bond acceptors (Lipinski definition) is 3. The third-order valence-electron chi connectivity index (χ3n) is 6.72. The number of aromatic nitrogens is 1. The zero-order chi connectivity index (χ0) is 22.8. The lowest BCUT2D eigenvalue weighted by Gasteiger charge is -2.33. The predicted octanol–water partition coefficient (Wildman–Crippen LogP) is 5.65. The third-order valence-corrected chi connectivity index (χ3v) is 6.97. The largest absolute Gasteiger partial charge is 0.337 e. The lowest BCUT2D eigenvalue weighted by Crippen LogP contribution is -2.41. The van der Waals surface area contributed by atoms with Gasteiger partial charge in [0.15, 0.2) is 0 Å². The van der Waals surface area contributed by atoms with Crippen LogP contribution in [0.4, 0.5) is 0 Å². The molecule has 5 heteroatoms. The smallest absolute Gasteiger partial charge is 0.272 e. The van der Waals surface area contributed by atoms with Gasteiger partial charge >= 0.3 is 0 Å². The van der Waals surface area contributed by atoms with Crippen LogP contribution in [0.5, 0.6) is 0 Å². The molecule has 0 N–H and O–H groups in total. The fourth-order valence-electron chi connectivity index (χ4n) is 4.32. The molecule has 32 heavy (non-hydrogen) atoms. The number of hydrogen-bond donors (Lipinski definition) is 0. The van der Waals surface area contributed by atoms with E-state index >= 15 is 0 Å². The molecule has 2 aromatic carbocycles. The first-order chi connectivity index (χ1) is 15.3. The summed E-state index contributed by atoms with van der Waals surface area (Å²) in [4.78, 5) is 21.7. The summed E-state index contributed by atoms with van der Waals surface area (Å²) in [6.07, 6.45) is 4.61. The molecule has 1 heterocycles. The number of nitrogens with zero attached hydrogens (tertiary/aromatic N) is 3. The molecule has 0 bridgehead atoms. The third kappa shape index (κ3) is 4.72. The van der Waals surface area contributed by atoms with Gasteiger partial charge in [0.25, 0.3) is 5.91 Å². The van der Waals surface area contributed by atoms with Gasteiger partial charge in [0.05, 0.1) is 0 Å². The first-order valence-electron chi connectivity index (χ1n) is 11.1. The van der Waals surface area contributed by atoms with E-state index in [-0.39, 0.29) is 11.9 Å². The van der Waals surface area contributed by atoms with Crippen LogP contribution in [-0.4, -0.2) is 47.9 Å². The second-order valence-electron chi connectivity index (χ2n) is 8.92. The average Bonchev–Trinajstić information content (AvgIpc) is 2.82. The van der Waals surface area contributed by atoms with Crippen molar-refractivity contribution in [2.24, 2.45) is 0 Å². The van der Waals surface area contributed by atoms with Crippen LogP contribution in [0.1, 0.15) is 46.6 Å². The van der Waals surface area contributed by atoms with E-state index in [1.807, 2.05) is 48.3 Å². The van der Waals surface area contributed by atoms with Gasteiger partial charge in [-0.1, -0.05) is 48.0 Å². The maximum absolute atomic E-state index is 13.1. The minimum absolute atomic E-state index is 0.0287. The summed E-state index contributed by atoms with van der Waals surface area (Å²) in [7, 11) is 6.11. The van der Waals surface area contributed by atoms with E-state index < -0.39 is 0 Å². The number of carbonyl (C=O) groups excluding carboxylic acids is 1. The summed E-state index contributed by atoms with van der Waals surface area (Å²) in [6.45, 7) is 2.23. The number of aryl methyl sites for hydroxylation is 1. The maximum atomic E-state index is 13.1. The molecule has 4 rings (SSSR count). The van der Waals surface area contributed by atoms with Gasteiger partial charge in [0, 0.05) is 35.9 Å². The van der Waals surface area contributed by atoms with Gasteiger partial charge in [-0.3, -0.25) is 9.78 Å². The van der Waals surface area contributed by atoms with Crippen LogP contribution in [0.3, 0.4) is 0 Å². The number of amides is 1. The average molecular weight is 448 g/mol. The number of fused-ring (bicyclic) bond motifs is 1. The van der Waals surface area contributed by atoms with E-state index in [0.717, 1.165) is 30.4 Å². The number of likely N-dealkylation sites (N-methyl/N-ethyl adjacent to an activating group) is 1. The van der Waals surface area contributed by atoms with Crippen molar-refractivity contribution in [3.8, 4) is 11.1 Å². The van der Waals surface area contributed by atoms with Gasteiger partial charge in [-0.25, -0.2) is 0 Å². The molecule has 0 radical (unpaired) electrons. The Bertz CT molecular complexity index is 1090. The lowest BCUT2D eigenvalue weighted by atomic mass is 9.85. The first kappa shape index (κ1) is 22.5. The summed E-state index contributed by atoms with van der Waals surface area (Å²) in [6, 6.07) is 18.8. The van der Waals surface area contributed by atoms with Crippen molar-refractivity contribution < 1.29 is 4.79 Å². The molecule has 0 aliphatic heterocycles. The fraction of sp³-hybridized carbons (Fsp3) is 0.333. The number of halogens is 1. The van der Waals surface area contributed by atoms with Crippen molar-refractivity contribution in [2.45, 2.75) is 38.3 Å². The van der Waals surface area contributed by atoms with Crippen LogP contribution in [0.15, 0.2) is 60.8 Å². The Labute approximate surface area is 195 Å². The lowest BCUT2D eigenvalue weighted by molar-refractivity contribution is 0.0713. The topological polar surface area (TPSA) is 36.4 Å². The molecule has 1 aliphatic carbocycles. The van der Waals surface area contributed by atoms with Crippen molar-refractivity contribution in [2.75, 3.05) is 21.1 Å². The summed E-state index contributed by atoms with van der Waals surface area (Å²) in [5, 5.41) is 0.702. The highest BCUT2D eigenvalue weighted by Gasteiger charge is 2.27. The second kappa shape index (κ2) is 9.43. The maximum Gasteiger partial charge on any atom is 0.272 e. The summed E-state index contributed by atoms with van der Waals surface area (Å²) in [5.74, 6) is -0.0287. The van der Waals surface area contributed by atoms with Crippen LogP contribution in [0.25, 0.3) is 11.1 Å². The van der Waals surface area contributed by atoms with Crippen LogP contribution >= 0.6 is 11.6 Å².